The average molecular weight is 284 g/mol. The van der Waals surface area contributed by atoms with Gasteiger partial charge >= 0.3 is 0 Å². The smallest absolute Gasteiger partial charge is 0.263 e. The number of pyridine rings is 1. The van der Waals surface area contributed by atoms with Gasteiger partial charge in [-0.05, 0) is 25.0 Å². The third-order valence-corrected chi connectivity index (χ3v) is 4.22. The molecule has 2 atom stereocenters. The van der Waals surface area contributed by atoms with E-state index in [4.69, 9.17) is 0 Å². The van der Waals surface area contributed by atoms with Gasteiger partial charge in [0.1, 0.15) is 0 Å². The van der Waals surface area contributed by atoms with Crippen molar-refractivity contribution in [1.82, 2.24) is 4.98 Å². The van der Waals surface area contributed by atoms with Crippen molar-refractivity contribution in [3.05, 3.63) is 47.9 Å². The van der Waals surface area contributed by atoms with Crippen LogP contribution in [0, 0.1) is 5.92 Å². The second kappa shape index (κ2) is 4.93. The Kier molecular flexibility index (Phi) is 3.22. The van der Waals surface area contributed by atoms with Gasteiger partial charge in [-0.15, -0.1) is 0 Å². The summed E-state index contributed by atoms with van der Waals surface area (Å²) in [6.07, 6.45) is 10.3. The summed E-state index contributed by atoms with van der Waals surface area (Å²) in [5.74, 6) is -0.602. The van der Waals surface area contributed by atoms with E-state index < -0.39 is 5.60 Å². The molecule has 0 radical (unpaired) electrons. The highest BCUT2D eigenvalue weighted by molar-refractivity contribution is 6.06. The topological polar surface area (TPSA) is 70.5 Å². The molecule has 5 heteroatoms. The van der Waals surface area contributed by atoms with Crippen molar-refractivity contribution in [3.63, 3.8) is 0 Å². The van der Waals surface area contributed by atoms with Crippen LogP contribution in [0.15, 0.2) is 42.4 Å². The zero-order valence-corrected chi connectivity index (χ0v) is 11.7. The Bertz CT molecular complexity index is 665. The van der Waals surface area contributed by atoms with Gasteiger partial charge in [0.2, 0.25) is 0 Å². The van der Waals surface area contributed by atoms with Gasteiger partial charge in [0.15, 0.2) is 11.9 Å². The number of carbonyl (C=O) groups is 2. The first-order valence-corrected chi connectivity index (χ1v) is 6.95. The summed E-state index contributed by atoms with van der Waals surface area (Å²) in [4.78, 5) is 29.1. The van der Waals surface area contributed by atoms with E-state index in [0.717, 1.165) is 5.70 Å². The normalized spacial score (nSPS) is 27.5. The number of aliphatic hydroxyl groups is 1. The Morgan fingerprint density at radius 2 is 2.33 bits per heavy atom. The highest BCUT2D eigenvalue weighted by Crippen LogP contribution is 2.45. The van der Waals surface area contributed by atoms with Crippen LogP contribution in [0.2, 0.25) is 0 Å². The minimum atomic E-state index is -1.40. The lowest BCUT2D eigenvalue weighted by atomic mass is 9.82. The van der Waals surface area contributed by atoms with Crippen LogP contribution in [0.4, 0.5) is 5.69 Å². The Balaban J connectivity index is 2.12. The van der Waals surface area contributed by atoms with Crippen LogP contribution in [0.25, 0.3) is 0 Å². The molecule has 1 aromatic rings. The van der Waals surface area contributed by atoms with E-state index in [0.29, 0.717) is 30.4 Å². The molecule has 5 nitrogen and oxygen atoms in total. The maximum atomic E-state index is 12.7. The number of carbonyl (C=O) groups excluding carboxylic acids is 2. The molecule has 1 amide bonds. The van der Waals surface area contributed by atoms with E-state index in [9.17, 15) is 14.7 Å². The molecule has 1 N–H and O–H groups in total. The Morgan fingerprint density at radius 1 is 1.52 bits per heavy atom. The first kappa shape index (κ1) is 13.7. The van der Waals surface area contributed by atoms with E-state index in [1.54, 1.807) is 13.0 Å². The zero-order valence-electron chi connectivity index (χ0n) is 11.7. The van der Waals surface area contributed by atoms with Crippen LogP contribution in [0.3, 0.4) is 0 Å². The average Bonchev–Trinajstić information content (AvgIpc) is 2.76. The summed E-state index contributed by atoms with van der Waals surface area (Å²) in [5.41, 5.74) is 0.279. The van der Waals surface area contributed by atoms with Crippen molar-refractivity contribution < 1.29 is 14.7 Å². The molecule has 2 unspecified atom stereocenters. The molecule has 3 rings (SSSR count). The Labute approximate surface area is 122 Å². The number of allylic oxidation sites excluding steroid dienone is 3. The van der Waals surface area contributed by atoms with Crippen molar-refractivity contribution in [3.8, 4) is 0 Å². The molecule has 0 spiro atoms. The fraction of sp³-hybridized carbons (Fsp3) is 0.312. The number of rotatable bonds is 3. The predicted molar refractivity (Wildman–Crippen MR) is 77.7 cm³/mol. The van der Waals surface area contributed by atoms with Gasteiger partial charge in [-0.1, -0.05) is 19.1 Å². The molecular weight excluding hydrogens is 268 g/mol. The van der Waals surface area contributed by atoms with Crippen LogP contribution in [-0.4, -0.2) is 27.9 Å². The number of hydrogen-bond donors (Lipinski definition) is 1. The summed E-state index contributed by atoms with van der Waals surface area (Å²) >= 11 is 0. The number of fused-ring (bicyclic) bond motifs is 1. The van der Waals surface area contributed by atoms with Crippen molar-refractivity contribution >= 4 is 17.9 Å². The van der Waals surface area contributed by atoms with Crippen LogP contribution in [0.1, 0.15) is 30.1 Å². The van der Waals surface area contributed by atoms with Gasteiger partial charge in [-0.25, -0.2) is 0 Å². The highest BCUT2D eigenvalue weighted by Gasteiger charge is 2.55. The first-order chi connectivity index (χ1) is 10.1. The third-order valence-electron chi connectivity index (χ3n) is 4.22. The van der Waals surface area contributed by atoms with Gasteiger partial charge < -0.3 is 5.11 Å². The van der Waals surface area contributed by atoms with E-state index in [1.807, 2.05) is 18.2 Å². The molecule has 2 heterocycles. The van der Waals surface area contributed by atoms with Gasteiger partial charge in [0.25, 0.3) is 5.91 Å². The second-order valence-corrected chi connectivity index (χ2v) is 5.32. The lowest BCUT2D eigenvalue weighted by Crippen LogP contribution is -2.42. The minimum Gasteiger partial charge on any atom is -0.379 e. The fourth-order valence-electron chi connectivity index (χ4n) is 3.04. The molecule has 1 aromatic heterocycles. The number of hydrogen-bond acceptors (Lipinski definition) is 4. The van der Waals surface area contributed by atoms with Crippen molar-refractivity contribution in [2.75, 3.05) is 4.90 Å². The second-order valence-electron chi connectivity index (χ2n) is 5.32. The minimum absolute atomic E-state index is 0.250. The number of nitrogens with zero attached hydrogens (tertiary/aromatic N) is 2. The fourth-order valence-corrected chi connectivity index (χ4v) is 3.04. The van der Waals surface area contributed by atoms with E-state index >= 15 is 0 Å². The predicted octanol–water partition coefficient (Wildman–Crippen LogP) is 1.84. The SMILES string of the molecule is CCC1(O)C(=O)N(c2cncc(C=O)c2)C2=CC=CCC21. The van der Waals surface area contributed by atoms with Gasteiger partial charge in [-0.3, -0.25) is 19.5 Å². The molecule has 1 aliphatic heterocycles. The lowest BCUT2D eigenvalue weighted by Gasteiger charge is -2.25. The largest absolute Gasteiger partial charge is 0.379 e. The number of anilines is 1. The molecule has 1 fully saturated rings. The molecule has 108 valence electrons. The van der Waals surface area contributed by atoms with Crippen molar-refractivity contribution in [2.45, 2.75) is 25.4 Å². The van der Waals surface area contributed by atoms with E-state index in [-0.39, 0.29) is 11.8 Å². The molecular formula is C16H16N2O3. The number of amides is 1. The molecule has 21 heavy (non-hydrogen) atoms. The van der Waals surface area contributed by atoms with Gasteiger partial charge in [0.05, 0.1) is 11.9 Å². The molecule has 0 aromatic carbocycles. The first-order valence-electron chi connectivity index (χ1n) is 6.95. The zero-order chi connectivity index (χ0) is 15.0. The summed E-state index contributed by atoms with van der Waals surface area (Å²) in [6, 6.07) is 1.61. The number of aromatic nitrogens is 1. The lowest BCUT2D eigenvalue weighted by molar-refractivity contribution is -0.136. The summed E-state index contributed by atoms with van der Waals surface area (Å²) in [7, 11) is 0. The maximum Gasteiger partial charge on any atom is 0.263 e. The van der Waals surface area contributed by atoms with Crippen LogP contribution in [0.5, 0.6) is 0 Å². The number of aldehydes is 1. The van der Waals surface area contributed by atoms with Crippen molar-refractivity contribution in [2.24, 2.45) is 5.92 Å². The quantitative estimate of drug-likeness (QED) is 0.860. The summed E-state index contributed by atoms with van der Waals surface area (Å²) < 4.78 is 0. The molecule has 0 bridgehead atoms. The van der Waals surface area contributed by atoms with Gasteiger partial charge in [-0.2, -0.15) is 0 Å². The van der Waals surface area contributed by atoms with Crippen LogP contribution < -0.4 is 4.90 Å². The molecule has 0 saturated carbocycles. The molecule has 2 aliphatic rings. The monoisotopic (exact) mass is 284 g/mol. The molecule has 1 saturated heterocycles. The maximum absolute atomic E-state index is 12.7. The van der Waals surface area contributed by atoms with E-state index in [1.165, 1.54) is 17.3 Å². The Morgan fingerprint density at radius 3 is 3.05 bits per heavy atom. The summed E-state index contributed by atoms with van der Waals surface area (Å²) in [6.45, 7) is 1.80. The van der Waals surface area contributed by atoms with Gasteiger partial charge in [0, 0.05) is 23.4 Å². The third kappa shape index (κ3) is 1.93. The van der Waals surface area contributed by atoms with Crippen LogP contribution >= 0.6 is 0 Å². The van der Waals surface area contributed by atoms with Crippen molar-refractivity contribution in [1.29, 1.82) is 0 Å². The standard InChI is InChI=1S/C16H16N2O3/c1-2-16(21)13-5-3-4-6-14(13)18(15(16)20)12-7-11(10-19)8-17-9-12/h3-4,6-10,13,21H,2,5H2,1H3. The van der Waals surface area contributed by atoms with E-state index in [2.05, 4.69) is 4.98 Å². The molecule has 1 aliphatic carbocycles. The summed E-state index contributed by atoms with van der Waals surface area (Å²) in [5, 5.41) is 10.8. The Hall–Kier alpha value is -2.27. The highest BCUT2D eigenvalue weighted by atomic mass is 16.3. The van der Waals surface area contributed by atoms with Crippen LogP contribution in [-0.2, 0) is 4.79 Å².